The van der Waals surface area contributed by atoms with Crippen LogP contribution in [0.15, 0.2) is 24.0 Å². The number of aliphatic hydroxyl groups is 11. The number of carbonyl (C=O) groups excluding carboxylic acids is 2. The molecule has 0 unspecified atom stereocenters. The predicted molar refractivity (Wildman–Crippen MR) is 135 cm³/mol. The third-order valence-electron chi connectivity index (χ3n) is 7.93. The first kappa shape index (κ1) is 34.8. The van der Waals surface area contributed by atoms with Crippen molar-refractivity contribution in [1.29, 1.82) is 0 Å². The highest BCUT2D eigenvalue weighted by atomic mass is 16.7. The summed E-state index contributed by atoms with van der Waals surface area (Å²) in [5.41, 5.74) is -0.438. The number of hydrogen-bond donors (Lipinski definition) is 12. The maximum absolute atomic E-state index is 11.9. The Kier molecular flexibility index (Phi) is 11.2. The summed E-state index contributed by atoms with van der Waals surface area (Å²) in [5, 5.41) is 115. The standard InChI is InChI=1S/C25H37NO18/c1-6-11(26-8-2-7(3-27)12(30)15(33)13(8)31)14(32)19(37)24(40-6)43-22-10(5-29)42-25(20(38)17(22)35)44-21-9(4-28)41-23(39)18(36)16(21)34/h2-3,8-11,13-26,28-29,31-39H,1,4-5H2/t8-,9+,10+,11+,13-,14-,15-,16+,17+,18+,19+,20+,21+,22+,23+,24+,25-/m0/s1. The number of Topliss-reactive ketones (excluding diaryl/α,β-unsaturated/α-hetero) is 1. The first-order valence-corrected chi connectivity index (χ1v) is 13.5. The molecule has 12 N–H and O–H groups in total. The van der Waals surface area contributed by atoms with Crippen LogP contribution in [-0.2, 0) is 33.3 Å². The molecule has 0 aromatic carbocycles. The first-order valence-electron chi connectivity index (χ1n) is 13.5. The summed E-state index contributed by atoms with van der Waals surface area (Å²) in [5.74, 6) is -1.30. The molecule has 0 aromatic rings. The van der Waals surface area contributed by atoms with E-state index in [2.05, 4.69) is 11.9 Å². The zero-order valence-electron chi connectivity index (χ0n) is 22.9. The lowest BCUT2D eigenvalue weighted by atomic mass is 9.88. The highest BCUT2D eigenvalue weighted by Crippen LogP contribution is 2.33. The van der Waals surface area contributed by atoms with E-state index in [4.69, 9.17) is 23.7 Å². The van der Waals surface area contributed by atoms with Gasteiger partial charge in [0.05, 0.1) is 30.9 Å². The average Bonchev–Trinajstić information content (AvgIpc) is 3.00. The van der Waals surface area contributed by atoms with Gasteiger partial charge in [-0.3, -0.25) is 14.9 Å². The minimum absolute atomic E-state index is 0.177. The lowest BCUT2D eigenvalue weighted by Gasteiger charge is -2.47. The van der Waals surface area contributed by atoms with E-state index in [1.165, 1.54) is 0 Å². The Morgan fingerprint density at radius 3 is 1.91 bits per heavy atom. The molecular weight excluding hydrogens is 602 g/mol. The highest BCUT2D eigenvalue weighted by molar-refractivity contribution is 6.14. The lowest BCUT2D eigenvalue weighted by Crippen LogP contribution is -2.66. The van der Waals surface area contributed by atoms with Gasteiger partial charge >= 0.3 is 0 Å². The number of ketones is 1. The number of carbonyl (C=O) groups is 2. The van der Waals surface area contributed by atoms with E-state index in [1.54, 1.807) is 0 Å². The summed E-state index contributed by atoms with van der Waals surface area (Å²) in [4.78, 5) is 23.1. The van der Waals surface area contributed by atoms with E-state index in [0.29, 0.717) is 0 Å². The molecule has 1 aliphatic carbocycles. The van der Waals surface area contributed by atoms with Crippen LogP contribution < -0.4 is 5.32 Å². The monoisotopic (exact) mass is 639 g/mol. The van der Waals surface area contributed by atoms with Crippen LogP contribution >= 0.6 is 0 Å². The molecule has 250 valence electrons. The molecule has 44 heavy (non-hydrogen) atoms. The zero-order valence-corrected chi connectivity index (χ0v) is 22.9. The third-order valence-corrected chi connectivity index (χ3v) is 7.93. The minimum Gasteiger partial charge on any atom is -0.465 e. The van der Waals surface area contributed by atoms with Gasteiger partial charge in [-0.2, -0.15) is 0 Å². The molecule has 3 saturated heterocycles. The molecule has 3 aliphatic heterocycles. The van der Waals surface area contributed by atoms with Crippen LogP contribution in [0.5, 0.6) is 0 Å². The van der Waals surface area contributed by atoms with Crippen molar-refractivity contribution in [2.45, 2.75) is 104 Å². The fourth-order valence-corrected chi connectivity index (χ4v) is 5.37. The summed E-state index contributed by atoms with van der Waals surface area (Å²) >= 11 is 0. The number of aldehydes is 1. The zero-order chi connectivity index (χ0) is 32.6. The number of rotatable bonds is 9. The molecular formula is C25H37NO18. The Labute approximate surface area is 248 Å². The molecule has 0 radical (unpaired) electrons. The van der Waals surface area contributed by atoms with Crippen molar-refractivity contribution in [2.75, 3.05) is 13.2 Å². The van der Waals surface area contributed by atoms with Crippen LogP contribution in [0.2, 0.25) is 0 Å². The van der Waals surface area contributed by atoms with Gasteiger partial charge in [0.25, 0.3) is 0 Å². The van der Waals surface area contributed by atoms with Gasteiger partial charge in [-0.1, -0.05) is 12.7 Å². The van der Waals surface area contributed by atoms with E-state index in [0.717, 1.165) is 6.08 Å². The van der Waals surface area contributed by atoms with E-state index < -0.39 is 129 Å². The van der Waals surface area contributed by atoms with E-state index in [1.807, 2.05) is 0 Å². The molecule has 17 atom stereocenters. The average molecular weight is 640 g/mol. The van der Waals surface area contributed by atoms with Crippen LogP contribution in [0.1, 0.15) is 0 Å². The normalized spacial score (nSPS) is 48.4. The summed E-state index contributed by atoms with van der Waals surface area (Å²) in [7, 11) is 0. The second-order valence-corrected chi connectivity index (χ2v) is 10.8. The fourth-order valence-electron chi connectivity index (χ4n) is 5.37. The molecule has 0 saturated carbocycles. The number of aliphatic hydroxyl groups excluding tert-OH is 11. The van der Waals surface area contributed by atoms with Gasteiger partial charge in [0.2, 0.25) is 6.29 Å². The van der Waals surface area contributed by atoms with E-state index >= 15 is 0 Å². The summed E-state index contributed by atoms with van der Waals surface area (Å²) in [6, 6.07) is -2.62. The summed E-state index contributed by atoms with van der Waals surface area (Å²) in [6.45, 7) is 1.96. The van der Waals surface area contributed by atoms with Gasteiger partial charge in [-0.05, 0) is 0 Å². The second-order valence-electron chi connectivity index (χ2n) is 10.8. The van der Waals surface area contributed by atoms with Crippen LogP contribution in [0.3, 0.4) is 0 Å². The Hall–Kier alpha value is -2.02. The number of hydrogen-bond acceptors (Lipinski definition) is 19. The molecule has 0 spiro atoms. The SMILES string of the molecule is C=C1O[C@H](O[C@H]2[C@H](O)[C@@H](O)[C@H](O[C@H]3[C@H](O)[C@@H](O)[C@H](O)O[C@@H]3CO)O[C@@H]2CO)[C@H](O)[C@@H](O)[C@@H]1N[C@H]1C=C(C=O)C(=O)[C@H](O)[C@H]1O. The fraction of sp³-hybridized carbons (Fsp3) is 0.760. The van der Waals surface area contributed by atoms with Crippen molar-refractivity contribution in [3.8, 4) is 0 Å². The Morgan fingerprint density at radius 2 is 1.32 bits per heavy atom. The summed E-state index contributed by atoms with van der Waals surface area (Å²) in [6.07, 6.45) is -25.4. The molecule has 19 heteroatoms. The van der Waals surface area contributed by atoms with Crippen LogP contribution in [0.4, 0.5) is 0 Å². The van der Waals surface area contributed by atoms with Crippen molar-refractivity contribution in [2.24, 2.45) is 0 Å². The maximum atomic E-state index is 11.9. The third kappa shape index (κ3) is 6.59. The topological polar surface area (TPSA) is 315 Å². The lowest BCUT2D eigenvalue weighted by molar-refractivity contribution is -0.368. The van der Waals surface area contributed by atoms with Crippen LogP contribution in [0, 0.1) is 0 Å². The molecule has 0 bridgehead atoms. The quantitative estimate of drug-likeness (QED) is 0.0823. The molecule has 4 aliphatic rings. The van der Waals surface area contributed by atoms with Crippen LogP contribution in [-0.4, -0.2) is 186 Å². The minimum atomic E-state index is -1.97. The van der Waals surface area contributed by atoms with Crippen LogP contribution in [0.25, 0.3) is 0 Å². The Bertz CT molecular complexity index is 1070. The number of nitrogens with one attached hydrogen (secondary N) is 1. The molecule has 3 heterocycles. The van der Waals surface area contributed by atoms with E-state index in [-0.39, 0.29) is 12.0 Å². The second kappa shape index (κ2) is 14.2. The van der Waals surface area contributed by atoms with Crippen molar-refractivity contribution in [3.63, 3.8) is 0 Å². The maximum Gasteiger partial charge on any atom is 0.228 e. The molecule has 3 fully saturated rings. The smallest absolute Gasteiger partial charge is 0.228 e. The molecule has 0 amide bonds. The van der Waals surface area contributed by atoms with Crippen molar-refractivity contribution in [3.05, 3.63) is 24.0 Å². The molecule has 0 aromatic heterocycles. The predicted octanol–water partition coefficient (Wildman–Crippen LogP) is -8.02. The van der Waals surface area contributed by atoms with Crippen molar-refractivity contribution >= 4 is 12.1 Å². The van der Waals surface area contributed by atoms with Gasteiger partial charge in [0, 0.05) is 0 Å². The van der Waals surface area contributed by atoms with Crippen molar-refractivity contribution in [1.82, 2.24) is 5.32 Å². The Balaban J connectivity index is 1.43. The first-order chi connectivity index (χ1) is 20.7. The van der Waals surface area contributed by atoms with Gasteiger partial charge in [-0.15, -0.1) is 0 Å². The largest absolute Gasteiger partial charge is 0.465 e. The van der Waals surface area contributed by atoms with Gasteiger partial charge in [-0.25, -0.2) is 0 Å². The highest BCUT2D eigenvalue weighted by Gasteiger charge is 2.53. The molecule has 4 rings (SSSR count). The van der Waals surface area contributed by atoms with Gasteiger partial charge in [0.1, 0.15) is 79.0 Å². The number of ether oxygens (including phenoxy) is 5. The summed E-state index contributed by atoms with van der Waals surface area (Å²) < 4.78 is 27.0. The van der Waals surface area contributed by atoms with Gasteiger partial charge < -0.3 is 79.9 Å². The van der Waals surface area contributed by atoms with Crippen molar-refractivity contribution < 1.29 is 89.4 Å². The molecule has 19 nitrogen and oxygen atoms in total. The Morgan fingerprint density at radius 1 is 0.773 bits per heavy atom. The van der Waals surface area contributed by atoms with E-state index in [9.17, 15) is 65.8 Å². The van der Waals surface area contributed by atoms with Gasteiger partial charge in [0.15, 0.2) is 24.6 Å².